The van der Waals surface area contributed by atoms with E-state index in [1.54, 1.807) is 22.7 Å². The molecule has 20 heavy (non-hydrogen) atoms. The van der Waals surface area contributed by atoms with Gasteiger partial charge in [-0.05, 0) is 24.6 Å². The fraction of sp³-hybridized carbons (Fsp3) is 0.0769. The van der Waals surface area contributed by atoms with E-state index in [4.69, 9.17) is 46.4 Å². The van der Waals surface area contributed by atoms with E-state index in [1.807, 2.05) is 13.0 Å². The van der Waals surface area contributed by atoms with Crippen LogP contribution in [0.3, 0.4) is 0 Å². The zero-order valence-electron chi connectivity index (χ0n) is 10.2. The van der Waals surface area contributed by atoms with E-state index in [1.165, 1.54) is 0 Å². The summed E-state index contributed by atoms with van der Waals surface area (Å²) in [7, 11) is 0. The Hall–Kier alpha value is -1.000. The molecule has 3 rings (SSSR count). The number of nitrogens with zero attached hydrogens (tertiary/aromatic N) is 3. The number of fused-ring (bicyclic) bond motifs is 1. The second kappa shape index (κ2) is 5.08. The van der Waals surface area contributed by atoms with E-state index >= 15 is 0 Å². The Bertz CT molecular complexity index is 826. The fourth-order valence-electron chi connectivity index (χ4n) is 2.05. The van der Waals surface area contributed by atoms with Gasteiger partial charge in [0.25, 0.3) is 0 Å². The van der Waals surface area contributed by atoms with E-state index in [0.29, 0.717) is 26.0 Å². The van der Waals surface area contributed by atoms with Crippen molar-refractivity contribution in [3.63, 3.8) is 0 Å². The number of benzene rings is 1. The SMILES string of the molecule is Cc1nn2c(Cl)cc(Cl)nc2c1-c1ccc(Cl)c(Cl)c1. The lowest BCUT2D eigenvalue weighted by Crippen LogP contribution is -1.92. The van der Waals surface area contributed by atoms with Gasteiger partial charge in [0.05, 0.1) is 15.7 Å². The maximum atomic E-state index is 6.12. The summed E-state index contributed by atoms with van der Waals surface area (Å²) in [4.78, 5) is 4.29. The van der Waals surface area contributed by atoms with Gasteiger partial charge in [0.2, 0.25) is 0 Å². The lowest BCUT2D eigenvalue weighted by Gasteiger charge is -2.03. The maximum Gasteiger partial charge on any atom is 0.166 e. The van der Waals surface area contributed by atoms with Crippen LogP contribution in [0.5, 0.6) is 0 Å². The molecule has 3 aromatic rings. The van der Waals surface area contributed by atoms with Crippen LogP contribution in [0.4, 0.5) is 0 Å². The molecule has 0 aliphatic carbocycles. The molecule has 0 amide bonds. The third-order valence-electron chi connectivity index (χ3n) is 2.90. The van der Waals surface area contributed by atoms with Gasteiger partial charge in [-0.1, -0.05) is 52.5 Å². The minimum atomic E-state index is 0.309. The average Bonchev–Trinajstić information content (AvgIpc) is 2.70. The molecular formula is C13H7Cl4N3. The van der Waals surface area contributed by atoms with Gasteiger partial charge in [0, 0.05) is 11.6 Å². The number of aryl methyl sites for hydroxylation is 1. The summed E-state index contributed by atoms with van der Waals surface area (Å²) in [5.41, 5.74) is 3.05. The molecule has 7 heteroatoms. The van der Waals surface area contributed by atoms with Gasteiger partial charge in [-0.3, -0.25) is 0 Å². The molecule has 0 bridgehead atoms. The van der Waals surface area contributed by atoms with Crippen molar-refractivity contribution in [3.8, 4) is 11.1 Å². The number of hydrogen-bond acceptors (Lipinski definition) is 2. The minimum Gasteiger partial charge on any atom is -0.216 e. The van der Waals surface area contributed by atoms with E-state index < -0.39 is 0 Å². The monoisotopic (exact) mass is 345 g/mol. The molecule has 0 aliphatic rings. The van der Waals surface area contributed by atoms with E-state index in [2.05, 4.69) is 10.1 Å². The maximum absolute atomic E-state index is 6.12. The summed E-state index contributed by atoms with van der Waals surface area (Å²) >= 11 is 24.1. The van der Waals surface area contributed by atoms with Crippen molar-refractivity contribution >= 4 is 52.1 Å². The molecule has 0 fully saturated rings. The third kappa shape index (κ3) is 2.25. The highest BCUT2D eigenvalue weighted by molar-refractivity contribution is 6.42. The quantitative estimate of drug-likeness (QED) is 0.558. The Labute approximate surface area is 135 Å². The lowest BCUT2D eigenvalue weighted by atomic mass is 10.1. The largest absolute Gasteiger partial charge is 0.216 e. The average molecular weight is 347 g/mol. The molecule has 0 atom stereocenters. The number of rotatable bonds is 1. The van der Waals surface area contributed by atoms with Crippen molar-refractivity contribution in [1.82, 2.24) is 14.6 Å². The van der Waals surface area contributed by atoms with Crippen molar-refractivity contribution in [2.45, 2.75) is 6.92 Å². The van der Waals surface area contributed by atoms with Crippen LogP contribution >= 0.6 is 46.4 Å². The van der Waals surface area contributed by atoms with Gasteiger partial charge in [0.15, 0.2) is 5.65 Å². The zero-order chi connectivity index (χ0) is 14.4. The van der Waals surface area contributed by atoms with Crippen LogP contribution in [0.25, 0.3) is 16.8 Å². The van der Waals surface area contributed by atoms with Gasteiger partial charge in [0.1, 0.15) is 10.3 Å². The summed E-state index contributed by atoms with van der Waals surface area (Å²) in [6, 6.07) is 6.90. The molecule has 0 unspecified atom stereocenters. The van der Waals surface area contributed by atoms with Crippen molar-refractivity contribution in [1.29, 1.82) is 0 Å². The summed E-state index contributed by atoms with van der Waals surface area (Å²) in [5.74, 6) is 0. The lowest BCUT2D eigenvalue weighted by molar-refractivity contribution is 0.918. The first-order valence-electron chi connectivity index (χ1n) is 5.64. The highest BCUT2D eigenvalue weighted by Crippen LogP contribution is 2.33. The first-order chi connectivity index (χ1) is 9.47. The van der Waals surface area contributed by atoms with Crippen molar-refractivity contribution < 1.29 is 0 Å². The zero-order valence-corrected chi connectivity index (χ0v) is 13.2. The van der Waals surface area contributed by atoms with Crippen LogP contribution in [0, 0.1) is 6.92 Å². The van der Waals surface area contributed by atoms with E-state index in [0.717, 1.165) is 16.8 Å². The van der Waals surface area contributed by atoms with Crippen LogP contribution in [0.1, 0.15) is 5.69 Å². The molecule has 102 valence electrons. The predicted octanol–water partition coefficient (Wildman–Crippen LogP) is 5.32. The first kappa shape index (κ1) is 14.0. The molecule has 2 heterocycles. The second-order valence-electron chi connectivity index (χ2n) is 4.23. The van der Waals surface area contributed by atoms with Crippen molar-refractivity contribution in [3.05, 3.63) is 50.3 Å². The smallest absolute Gasteiger partial charge is 0.166 e. The summed E-state index contributed by atoms with van der Waals surface area (Å²) in [6.07, 6.45) is 0. The minimum absolute atomic E-state index is 0.309. The van der Waals surface area contributed by atoms with E-state index in [-0.39, 0.29) is 0 Å². The van der Waals surface area contributed by atoms with Gasteiger partial charge in [-0.2, -0.15) is 5.10 Å². The molecule has 0 saturated carbocycles. The number of aromatic nitrogens is 3. The standard InChI is InChI=1S/C13H7Cl4N3/c1-6-12(7-2-3-8(14)9(15)4-7)13-18-10(16)5-11(17)20(13)19-6/h2-5H,1H3. The number of halogens is 4. The van der Waals surface area contributed by atoms with Crippen molar-refractivity contribution in [2.24, 2.45) is 0 Å². The number of hydrogen-bond donors (Lipinski definition) is 0. The molecule has 2 aromatic heterocycles. The predicted molar refractivity (Wildman–Crippen MR) is 83.2 cm³/mol. The normalized spacial score (nSPS) is 11.2. The molecule has 3 nitrogen and oxygen atoms in total. The van der Waals surface area contributed by atoms with Gasteiger partial charge >= 0.3 is 0 Å². The Balaban J connectivity index is 2.35. The molecular weight excluding hydrogens is 340 g/mol. The van der Waals surface area contributed by atoms with Crippen LogP contribution in [0.15, 0.2) is 24.3 Å². The third-order valence-corrected chi connectivity index (χ3v) is 4.10. The summed E-state index contributed by atoms with van der Waals surface area (Å²) in [6.45, 7) is 1.87. The molecule has 0 spiro atoms. The van der Waals surface area contributed by atoms with E-state index in [9.17, 15) is 0 Å². The Morgan fingerprint density at radius 2 is 1.75 bits per heavy atom. The Morgan fingerprint density at radius 3 is 2.45 bits per heavy atom. The molecule has 0 N–H and O–H groups in total. The highest BCUT2D eigenvalue weighted by atomic mass is 35.5. The van der Waals surface area contributed by atoms with Gasteiger partial charge in [-0.15, -0.1) is 0 Å². The van der Waals surface area contributed by atoms with Crippen LogP contribution in [-0.4, -0.2) is 14.6 Å². The van der Waals surface area contributed by atoms with Crippen LogP contribution in [0.2, 0.25) is 20.4 Å². The van der Waals surface area contributed by atoms with Crippen molar-refractivity contribution in [2.75, 3.05) is 0 Å². The first-order valence-corrected chi connectivity index (χ1v) is 7.15. The van der Waals surface area contributed by atoms with Gasteiger partial charge < -0.3 is 0 Å². The summed E-state index contributed by atoms with van der Waals surface area (Å²) < 4.78 is 1.54. The molecule has 1 aromatic carbocycles. The van der Waals surface area contributed by atoms with Crippen LogP contribution in [-0.2, 0) is 0 Å². The Morgan fingerprint density at radius 1 is 1.00 bits per heavy atom. The molecule has 0 aliphatic heterocycles. The molecule has 0 radical (unpaired) electrons. The Kier molecular flexibility index (Phi) is 3.55. The van der Waals surface area contributed by atoms with Crippen LogP contribution < -0.4 is 0 Å². The summed E-state index contributed by atoms with van der Waals surface area (Å²) in [5, 5.41) is 6.04. The highest BCUT2D eigenvalue weighted by Gasteiger charge is 2.16. The second-order valence-corrected chi connectivity index (χ2v) is 5.82. The topological polar surface area (TPSA) is 30.2 Å². The van der Waals surface area contributed by atoms with Gasteiger partial charge in [-0.25, -0.2) is 9.50 Å². The molecule has 0 saturated heterocycles. The fourth-order valence-corrected chi connectivity index (χ4v) is 2.81.